The first-order valence-electron chi connectivity index (χ1n) is 6.82. The van der Waals surface area contributed by atoms with Gasteiger partial charge in [0.1, 0.15) is 10.8 Å². The van der Waals surface area contributed by atoms with Crippen LogP contribution in [0.3, 0.4) is 0 Å². The third-order valence-electron chi connectivity index (χ3n) is 2.58. The van der Waals surface area contributed by atoms with Crippen LogP contribution in [0.5, 0.6) is 5.75 Å². The number of aromatic nitrogens is 2. The van der Waals surface area contributed by atoms with Crippen molar-refractivity contribution in [3.63, 3.8) is 0 Å². The van der Waals surface area contributed by atoms with Crippen molar-refractivity contribution in [1.29, 1.82) is 0 Å². The summed E-state index contributed by atoms with van der Waals surface area (Å²) < 4.78 is 5.37. The minimum absolute atomic E-state index is 0.0875. The fraction of sp³-hybridized carbons (Fsp3) is 0.400. The summed E-state index contributed by atoms with van der Waals surface area (Å²) in [6.07, 6.45) is 0.821. The highest BCUT2D eigenvalue weighted by Crippen LogP contribution is 2.24. The van der Waals surface area contributed by atoms with Crippen LogP contribution in [0.15, 0.2) is 24.3 Å². The molecule has 0 aliphatic heterocycles. The highest BCUT2D eigenvalue weighted by Gasteiger charge is 2.16. The van der Waals surface area contributed by atoms with E-state index in [-0.39, 0.29) is 17.9 Å². The van der Waals surface area contributed by atoms with Gasteiger partial charge in [0, 0.05) is 11.4 Å². The molecule has 5 nitrogen and oxygen atoms in total. The largest absolute Gasteiger partial charge is 0.484 e. The Morgan fingerprint density at radius 2 is 1.95 bits per heavy atom. The number of nitrogens with zero attached hydrogens (tertiary/aromatic N) is 2. The van der Waals surface area contributed by atoms with Crippen molar-refractivity contribution in [3.8, 4) is 5.75 Å². The summed E-state index contributed by atoms with van der Waals surface area (Å²) in [6, 6.07) is 6.83. The molecule has 0 unspecified atom stereocenters. The lowest BCUT2D eigenvalue weighted by Gasteiger charge is -2.14. The normalized spacial score (nSPS) is 11.3. The summed E-state index contributed by atoms with van der Waals surface area (Å²) in [5, 5.41) is 12.8. The van der Waals surface area contributed by atoms with Gasteiger partial charge in [-0.15, -0.1) is 10.2 Å². The van der Waals surface area contributed by atoms with Gasteiger partial charge in [-0.05, 0) is 29.7 Å². The minimum atomic E-state index is -0.270. The second-order valence-corrected chi connectivity index (χ2v) is 7.53. The van der Waals surface area contributed by atoms with Gasteiger partial charge in [0.2, 0.25) is 5.13 Å². The maximum Gasteiger partial charge on any atom is 0.264 e. The predicted molar refractivity (Wildman–Crippen MR) is 88.6 cm³/mol. The standard InChI is InChI=1S/C15H18ClN3O2S/c1-15(2,3)8-13-18-19-14(22-13)17-12(20)9-21-11-6-4-10(16)5-7-11/h4-7H,8-9H2,1-3H3,(H,17,19,20). The molecule has 2 rings (SSSR count). The number of rotatable bonds is 5. The van der Waals surface area contributed by atoms with Crippen LogP contribution in [0.4, 0.5) is 5.13 Å². The first-order valence-corrected chi connectivity index (χ1v) is 8.02. The van der Waals surface area contributed by atoms with Crippen LogP contribution in [0.25, 0.3) is 0 Å². The number of anilines is 1. The van der Waals surface area contributed by atoms with Crippen molar-refractivity contribution >= 4 is 34.0 Å². The highest BCUT2D eigenvalue weighted by atomic mass is 35.5. The fourth-order valence-electron chi connectivity index (χ4n) is 1.66. The molecule has 0 bridgehead atoms. The minimum Gasteiger partial charge on any atom is -0.484 e. The van der Waals surface area contributed by atoms with Crippen LogP contribution in [-0.2, 0) is 11.2 Å². The van der Waals surface area contributed by atoms with Gasteiger partial charge >= 0.3 is 0 Å². The Morgan fingerprint density at radius 3 is 2.59 bits per heavy atom. The van der Waals surface area contributed by atoms with E-state index in [4.69, 9.17) is 16.3 Å². The molecule has 2 aromatic rings. The van der Waals surface area contributed by atoms with Gasteiger partial charge < -0.3 is 4.74 Å². The quantitative estimate of drug-likeness (QED) is 0.900. The summed E-state index contributed by atoms with van der Waals surface area (Å²) in [5.74, 6) is 0.318. The van der Waals surface area contributed by atoms with Gasteiger partial charge in [-0.1, -0.05) is 43.7 Å². The van der Waals surface area contributed by atoms with Gasteiger partial charge in [0.25, 0.3) is 5.91 Å². The average Bonchev–Trinajstić information content (AvgIpc) is 2.83. The molecule has 0 atom stereocenters. The van der Waals surface area contributed by atoms with Gasteiger partial charge in [0.15, 0.2) is 6.61 Å². The molecular formula is C15H18ClN3O2S. The number of carbonyl (C=O) groups excluding carboxylic acids is 1. The number of benzene rings is 1. The van der Waals surface area contributed by atoms with E-state index in [1.807, 2.05) is 0 Å². The average molecular weight is 340 g/mol. The number of ether oxygens (including phenoxy) is 1. The van der Waals surface area contributed by atoms with E-state index in [0.717, 1.165) is 11.4 Å². The molecule has 1 amide bonds. The Labute approximate surface area is 138 Å². The molecule has 0 aliphatic carbocycles. The van der Waals surface area contributed by atoms with Crippen molar-refractivity contribution in [2.75, 3.05) is 11.9 Å². The Balaban J connectivity index is 1.83. The summed E-state index contributed by atoms with van der Waals surface area (Å²) in [5.41, 5.74) is 0.137. The highest BCUT2D eigenvalue weighted by molar-refractivity contribution is 7.15. The maximum atomic E-state index is 11.8. The Kier molecular flexibility index (Phi) is 5.37. The number of hydrogen-bond donors (Lipinski definition) is 1. The Morgan fingerprint density at radius 1 is 1.27 bits per heavy atom. The van der Waals surface area contributed by atoms with Crippen LogP contribution in [0.2, 0.25) is 5.02 Å². The second kappa shape index (κ2) is 7.07. The number of nitrogens with one attached hydrogen (secondary N) is 1. The molecule has 1 aromatic heterocycles. The van der Waals surface area contributed by atoms with Crippen LogP contribution < -0.4 is 10.1 Å². The molecule has 0 saturated heterocycles. The zero-order valence-electron chi connectivity index (χ0n) is 12.7. The van der Waals surface area contributed by atoms with E-state index in [1.54, 1.807) is 24.3 Å². The van der Waals surface area contributed by atoms with Gasteiger partial charge in [0.05, 0.1) is 0 Å². The third-order valence-corrected chi connectivity index (χ3v) is 3.67. The van der Waals surface area contributed by atoms with E-state index in [2.05, 4.69) is 36.3 Å². The van der Waals surface area contributed by atoms with E-state index < -0.39 is 0 Å². The van der Waals surface area contributed by atoms with Crippen LogP contribution >= 0.6 is 22.9 Å². The summed E-state index contributed by atoms with van der Waals surface area (Å²) in [6.45, 7) is 6.31. The number of amides is 1. The van der Waals surface area contributed by atoms with Gasteiger partial charge in [-0.3, -0.25) is 10.1 Å². The third kappa shape index (κ3) is 5.61. The molecule has 0 fully saturated rings. The van der Waals surface area contributed by atoms with Gasteiger partial charge in [-0.2, -0.15) is 0 Å². The Bertz CT molecular complexity index is 635. The molecule has 118 valence electrons. The van der Waals surface area contributed by atoms with Crippen molar-refractivity contribution in [2.24, 2.45) is 5.41 Å². The summed E-state index contributed by atoms with van der Waals surface area (Å²) in [7, 11) is 0. The van der Waals surface area contributed by atoms with E-state index in [1.165, 1.54) is 11.3 Å². The van der Waals surface area contributed by atoms with Crippen LogP contribution in [0, 0.1) is 5.41 Å². The van der Waals surface area contributed by atoms with Crippen molar-refractivity contribution in [3.05, 3.63) is 34.3 Å². The van der Waals surface area contributed by atoms with E-state index in [0.29, 0.717) is 15.9 Å². The first-order chi connectivity index (χ1) is 10.3. The van der Waals surface area contributed by atoms with Crippen molar-refractivity contribution in [2.45, 2.75) is 27.2 Å². The smallest absolute Gasteiger partial charge is 0.264 e. The van der Waals surface area contributed by atoms with E-state index in [9.17, 15) is 4.79 Å². The second-order valence-electron chi connectivity index (χ2n) is 6.03. The fourth-order valence-corrected chi connectivity index (χ4v) is 2.85. The molecule has 7 heteroatoms. The topological polar surface area (TPSA) is 64.1 Å². The van der Waals surface area contributed by atoms with E-state index >= 15 is 0 Å². The number of hydrogen-bond acceptors (Lipinski definition) is 5. The lowest BCUT2D eigenvalue weighted by Crippen LogP contribution is -2.20. The lowest BCUT2D eigenvalue weighted by molar-refractivity contribution is -0.118. The lowest BCUT2D eigenvalue weighted by atomic mass is 9.93. The monoisotopic (exact) mass is 339 g/mol. The zero-order valence-corrected chi connectivity index (χ0v) is 14.3. The predicted octanol–water partition coefficient (Wildman–Crippen LogP) is 3.80. The molecule has 0 saturated carbocycles. The molecule has 0 spiro atoms. The van der Waals surface area contributed by atoms with Crippen LogP contribution in [0.1, 0.15) is 25.8 Å². The van der Waals surface area contributed by atoms with Crippen LogP contribution in [-0.4, -0.2) is 22.7 Å². The van der Waals surface area contributed by atoms with Crippen molar-refractivity contribution in [1.82, 2.24) is 10.2 Å². The molecule has 0 radical (unpaired) electrons. The molecule has 1 N–H and O–H groups in total. The summed E-state index contributed by atoms with van der Waals surface area (Å²) in [4.78, 5) is 11.8. The Hall–Kier alpha value is -1.66. The van der Waals surface area contributed by atoms with Gasteiger partial charge in [-0.25, -0.2) is 0 Å². The molecule has 1 aromatic carbocycles. The summed E-state index contributed by atoms with van der Waals surface area (Å²) >= 11 is 7.17. The molecule has 0 aliphatic rings. The SMILES string of the molecule is CC(C)(C)Cc1nnc(NC(=O)COc2ccc(Cl)cc2)s1. The molecule has 22 heavy (non-hydrogen) atoms. The van der Waals surface area contributed by atoms with Crippen molar-refractivity contribution < 1.29 is 9.53 Å². The zero-order chi connectivity index (χ0) is 16.2. The molecule has 1 heterocycles. The maximum absolute atomic E-state index is 11.8. The first kappa shape index (κ1) is 16.7. The number of carbonyl (C=O) groups is 1. The molecular weight excluding hydrogens is 322 g/mol. The number of halogens is 1.